The van der Waals surface area contributed by atoms with Crippen molar-refractivity contribution in [2.45, 2.75) is 0 Å². The minimum atomic E-state index is 1.13. The second-order valence-electron chi connectivity index (χ2n) is 7.66. The topological polar surface area (TPSA) is 12.9 Å². The van der Waals surface area contributed by atoms with Crippen LogP contribution in [0.5, 0.6) is 0 Å². The van der Waals surface area contributed by atoms with Gasteiger partial charge in [0.25, 0.3) is 0 Å². The van der Waals surface area contributed by atoms with Gasteiger partial charge in [0.1, 0.15) is 0 Å². The fourth-order valence-electron chi connectivity index (χ4n) is 4.47. The molecule has 0 unspecified atom stereocenters. The number of pyridine rings is 1. The standard InChI is InChI=1S/C15H9N.C14H10/c1-2-6-13-11(5-1)12-7-3-4-10-8-9-16-15(13)14(10)12;1-2-6-12-10-14-8-4-3-7-13(14)9-11(12)5-1/h1-9H;1-10H. The van der Waals surface area contributed by atoms with E-state index in [4.69, 9.17) is 0 Å². The Hall–Kier alpha value is -3.97. The fraction of sp³-hybridized carbons (Fsp3) is 0. The zero-order chi connectivity index (χ0) is 19.9. The van der Waals surface area contributed by atoms with E-state index in [1.807, 2.05) is 6.20 Å². The molecule has 0 fully saturated rings. The second kappa shape index (κ2) is 6.82. The summed E-state index contributed by atoms with van der Waals surface area (Å²) in [6, 6.07) is 38.4. The summed E-state index contributed by atoms with van der Waals surface area (Å²) in [6.45, 7) is 0. The molecule has 0 aliphatic heterocycles. The largest absolute Gasteiger partial charge is 0.256 e. The predicted octanol–water partition coefficient (Wildman–Crippen LogP) is 7.88. The third-order valence-corrected chi connectivity index (χ3v) is 5.88. The Bertz CT molecular complexity index is 1380. The molecule has 1 aliphatic carbocycles. The van der Waals surface area contributed by atoms with Crippen molar-refractivity contribution in [1.29, 1.82) is 0 Å². The van der Waals surface area contributed by atoms with Gasteiger partial charge >= 0.3 is 0 Å². The van der Waals surface area contributed by atoms with Gasteiger partial charge in [-0.25, -0.2) is 0 Å². The summed E-state index contributed by atoms with van der Waals surface area (Å²) in [6.07, 6.45) is 1.89. The summed E-state index contributed by atoms with van der Waals surface area (Å²) < 4.78 is 0. The molecule has 1 nitrogen and oxygen atoms in total. The van der Waals surface area contributed by atoms with E-state index in [-0.39, 0.29) is 0 Å². The lowest BCUT2D eigenvalue weighted by Gasteiger charge is -2.00. The molecule has 0 bridgehead atoms. The average molecular weight is 381 g/mol. The lowest BCUT2D eigenvalue weighted by atomic mass is 10.0. The lowest BCUT2D eigenvalue weighted by Crippen LogP contribution is -1.79. The number of aromatic nitrogens is 1. The van der Waals surface area contributed by atoms with Crippen LogP contribution in [0.15, 0.2) is 115 Å². The summed E-state index contributed by atoms with van der Waals surface area (Å²) in [5.74, 6) is 0. The van der Waals surface area contributed by atoms with E-state index in [1.165, 1.54) is 49.0 Å². The maximum Gasteiger partial charge on any atom is 0.0792 e. The second-order valence-corrected chi connectivity index (χ2v) is 7.66. The maximum atomic E-state index is 4.52. The summed E-state index contributed by atoms with van der Waals surface area (Å²) in [5, 5.41) is 7.82. The molecule has 1 heteroatoms. The molecule has 0 radical (unpaired) electrons. The highest BCUT2D eigenvalue weighted by Gasteiger charge is 2.20. The van der Waals surface area contributed by atoms with Gasteiger partial charge in [-0.15, -0.1) is 0 Å². The smallest absolute Gasteiger partial charge is 0.0792 e. The zero-order valence-corrected chi connectivity index (χ0v) is 16.4. The molecule has 1 aromatic heterocycles. The van der Waals surface area contributed by atoms with Crippen molar-refractivity contribution < 1.29 is 0 Å². The van der Waals surface area contributed by atoms with Crippen molar-refractivity contribution in [3.05, 3.63) is 115 Å². The van der Waals surface area contributed by atoms with Crippen molar-refractivity contribution in [3.8, 4) is 22.4 Å². The van der Waals surface area contributed by atoms with Crippen LogP contribution in [0.2, 0.25) is 0 Å². The van der Waals surface area contributed by atoms with E-state index in [2.05, 4.69) is 114 Å². The van der Waals surface area contributed by atoms with Gasteiger partial charge in [-0.2, -0.15) is 0 Å². The number of rotatable bonds is 0. The van der Waals surface area contributed by atoms with Crippen LogP contribution in [0, 0.1) is 0 Å². The summed E-state index contributed by atoms with van der Waals surface area (Å²) in [5.41, 5.74) is 5.01. The van der Waals surface area contributed by atoms with Gasteiger partial charge in [0.2, 0.25) is 0 Å². The number of hydrogen-bond donors (Lipinski definition) is 0. The van der Waals surface area contributed by atoms with Gasteiger partial charge < -0.3 is 0 Å². The van der Waals surface area contributed by atoms with Crippen LogP contribution in [0.25, 0.3) is 54.7 Å². The number of fused-ring (bicyclic) bond motifs is 5. The molecule has 7 rings (SSSR count). The normalized spacial score (nSPS) is 11.3. The molecule has 0 atom stereocenters. The molecule has 30 heavy (non-hydrogen) atoms. The molecule has 0 amide bonds. The first-order valence-corrected chi connectivity index (χ1v) is 10.2. The van der Waals surface area contributed by atoms with Crippen molar-refractivity contribution in [2.24, 2.45) is 0 Å². The van der Waals surface area contributed by atoms with Crippen LogP contribution in [0.1, 0.15) is 0 Å². The van der Waals surface area contributed by atoms with Gasteiger partial charge in [0.05, 0.1) is 5.69 Å². The van der Waals surface area contributed by atoms with Crippen LogP contribution in [0.3, 0.4) is 0 Å². The summed E-state index contributed by atoms with van der Waals surface area (Å²) >= 11 is 0. The molecule has 1 heterocycles. The molecule has 1 aliphatic rings. The SMILES string of the molecule is c1ccc2c(c1)-c1cccc3ccnc-2c13.c1ccc2cc3ccccc3cc2c1. The Kier molecular flexibility index (Phi) is 3.85. The average Bonchev–Trinajstić information content (AvgIpc) is 3.14. The first kappa shape index (κ1) is 16.9. The molecule has 6 aromatic rings. The van der Waals surface area contributed by atoms with Crippen LogP contribution in [-0.4, -0.2) is 4.98 Å². The Morgan fingerprint density at radius 3 is 1.53 bits per heavy atom. The highest BCUT2D eigenvalue weighted by molar-refractivity contribution is 6.13. The number of benzene rings is 5. The predicted molar refractivity (Wildman–Crippen MR) is 128 cm³/mol. The summed E-state index contributed by atoms with van der Waals surface area (Å²) in [7, 11) is 0. The van der Waals surface area contributed by atoms with E-state index < -0.39 is 0 Å². The van der Waals surface area contributed by atoms with Crippen LogP contribution < -0.4 is 0 Å². The van der Waals surface area contributed by atoms with Crippen molar-refractivity contribution in [1.82, 2.24) is 4.98 Å². The van der Waals surface area contributed by atoms with E-state index >= 15 is 0 Å². The van der Waals surface area contributed by atoms with Gasteiger partial charge in [0, 0.05) is 17.1 Å². The van der Waals surface area contributed by atoms with E-state index in [0.717, 1.165) is 5.69 Å². The third-order valence-electron chi connectivity index (χ3n) is 5.88. The third kappa shape index (κ3) is 2.67. The molecule has 0 spiro atoms. The highest BCUT2D eigenvalue weighted by atomic mass is 14.7. The Morgan fingerprint density at radius 2 is 0.900 bits per heavy atom. The Morgan fingerprint density at radius 1 is 0.400 bits per heavy atom. The van der Waals surface area contributed by atoms with Gasteiger partial charge in [-0.05, 0) is 56.3 Å². The van der Waals surface area contributed by atoms with Gasteiger partial charge in [-0.1, -0.05) is 91.0 Å². The number of hydrogen-bond acceptors (Lipinski definition) is 1. The maximum absolute atomic E-state index is 4.52. The van der Waals surface area contributed by atoms with Crippen molar-refractivity contribution in [3.63, 3.8) is 0 Å². The van der Waals surface area contributed by atoms with E-state index in [1.54, 1.807) is 0 Å². The molecular formula is C29H19N. The Balaban J connectivity index is 0.000000118. The minimum absolute atomic E-state index is 1.13. The number of nitrogens with zero attached hydrogens (tertiary/aromatic N) is 1. The van der Waals surface area contributed by atoms with Gasteiger partial charge in [0.15, 0.2) is 0 Å². The lowest BCUT2D eigenvalue weighted by molar-refractivity contribution is 1.37. The van der Waals surface area contributed by atoms with Gasteiger partial charge in [-0.3, -0.25) is 4.98 Å². The minimum Gasteiger partial charge on any atom is -0.256 e. The van der Waals surface area contributed by atoms with Crippen molar-refractivity contribution >= 4 is 32.3 Å². The van der Waals surface area contributed by atoms with Crippen molar-refractivity contribution in [2.75, 3.05) is 0 Å². The zero-order valence-electron chi connectivity index (χ0n) is 16.4. The van der Waals surface area contributed by atoms with E-state index in [9.17, 15) is 0 Å². The molecule has 5 aromatic carbocycles. The molecule has 0 saturated heterocycles. The molecular weight excluding hydrogens is 362 g/mol. The summed E-state index contributed by atoms with van der Waals surface area (Å²) in [4.78, 5) is 4.52. The van der Waals surface area contributed by atoms with E-state index in [0.29, 0.717) is 0 Å². The van der Waals surface area contributed by atoms with Crippen LogP contribution in [0.4, 0.5) is 0 Å². The van der Waals surface area contributed by atoms with Crippen LogP contribution >= 0.6 is 0 Å². The molecule has 0 saturated carbocycles. The first-order valence-electron chi connectivity index (χ1n) is 10.2. The highest BCUT2D eigenvalue weighted by Crippen LogP contribution is 2.45. The molecule has 0 N–H and O–H groups in total. The quantitative estimate of drug-likeness (QED) is 0.244. The van der Waals surface area contributed by atoms with Crippen LogP contribution in [-0.2, 0) is 0 Å². The Labute approximate surface area is 175 Å². The first-order chi connectivity index (χ1) is 14.9. The molecule has 140 valence electrons. The monoisotopic (exact) mass is 381 g/mol. The fourth-order valence-corrected chi connectivity index (χ4v) is 4.47.